The maximum atomic E-state index is 13.6. The van der Waals surface area contributed by atoms with Crippen molar-refractivity contribution in [3.8, 4) is 0 Å². The molecule has 0 saturated carbocycles. The average Bonchev–Trinajstić information content (AvgIpc) is 2.51. The molecule has 0 aliphatic rings. The maximum Gasteiger partial charge on any atom is 0.276 e. The highest BCUT2D eigenvalue weighted by molar-refractivity contribution is 5.77. The van der Waals surface area contributed by atoms with Gasteiger partial charge in [-0.25, -0.2) is 9.37 Å². The van der Waals surface area contributed by atoms with Crippen LogP contribution in [0.1, 0.15) is 11.3 Å². The Kier molecular flexibility index (Phi) is 3.36. The van der Waals surface area contributed by atoms with Gasteiger partial charge in [0.1, 0.15) is 11.5 Å². The minimum absolute atomic E-state index is 0.207. The SMILES string of the molecule is Cn1c(=O)c(/C=C/c2ccccc2F)nc2ccccc21. The van der Waals surface area contributed by atoms with Crippen molar-refractivity contribution < 1.29 is 4.39 Å². The molecular weight excluding hydrogens is 267 g/mol. The molecular formula is C17H13FN2O. The zero-order valence-corrected chi connectivity index (χ0v) is 11.5. The third-order valence-electron chi connectivity index (χ3n) is 3.33. The van der Waals surface area contributed by atoms with Crippen LogP contribution in [0.2, 0.25) is 0 Å². The number of aryl methyl sites for hydroxylation is 1. The van der Waals surface area contributed by atoms with E-state index in [4.69, 9.17) is 0 Å². The van der Waals surface area contributed by atoms with Gasteiger partial charge in [-0.3, -0.25) is 4.79 Å². The van der Waals surface area contributed by atoms with E-state index < -0.39 is 0 Å². The van der Waals surface area contributed by atoms with Crippen LogP contribution in [0.5, 0.6) is 0 Å². The van der Waals surface area contributed by atoms with Crippen LogP contribution in [0.4, 0.5) is 4.39 Å². The lowest BCUT2D eigenvalue weighted by Crippen LogP contribution is -2.21. The Balaban J connectivity index is 2.11. The number of hydrogen-bond acceptors (Lipinski definition) is 2. The van der Waals surface area contributed by atoms with Crippen LogP contribution in [0.15, 0.2) is 53.3 Å². The molecule has 3 aromatic rings. The largest absolute Gasteiger partial charge is 0.308 e. The van der Waals surface area contributed by atoms with Crippen LogP contribution in [-0.4, -0.2) is 9.55 Å². The Morgan fingerprint density at radius 3 is 2.57 bits per heavy atom. The Labute approximate surface area is 121 Å². The van der Waals surface area contributed by atoms with Crippen LogP contribution in [0.25, 0.3) is 23.2 Å². The van der Waals surface area contributed by atoms with Gasteiger partial charge >= 0.3 is 0 Å². The smallest absolute Gasteiger partial charge is 0.276 e. The lowest BCUT2D eigenvalue weighted by atomic mass is 10.2. The van der Waals surface area contributed by atoms with Crippen LogP contribution < -0.4 is 5.56 Å². The van der Waals surface area contributed by atoms with Crippen LogP contribution >= 0.6 is 0 Å². The molecule has 3 rings (SSSR count). The van der Waals surface area contributed by atoms with Crippen molar-refractivity contribution in [3.63, 3.8) is 0 Å². The van der Waals surface area contributed by atoms with E-state index in [1.54, 1.807) is 42.0 Å². The highest BCUT2D eigenvalue weighted by Gasteiger charge is 2.05. The highest BCUT2D eigenvalue weighted by Crippen LogP contribution is 2.12. The van der Waals surface area contributed by atoms with E-state index >= 15 is 0 Å². The summed E-state index contributed by atoms with van der Waals surface area (Å²) in [6, 6.07) is 13.8. The normalized spacial score (nSPS) is 11.3. The summed E-state index contributed by atoms with van der Waals surface area (Å²) in [5, 5.41) is 0. The predicted octanol–water partition coefficient (Wildman–Crippen LogP) is 3.24. The second-order valence-electron chi connectivity index (χ2n) is 4.70. The van der Waals surface area contributed by atoms with Gasteiger partial charge in [-0.15, -0.1) is 0 Å². The van der Waals surface area contributed by atoms with Gasteiger partial charge in [0.2, 0.25) is 0 Å². The van der Waals surface area contributed by atoms with Gasteiger partial charge in [0.15, 0.2) is 0 Å². The maximum absolute atomic E-state index is 13.6. The van der Waals surface area contributed by atoms with Gasteiger partial charge < -0.3 is 4.57 Å². The average molecular weight is 280 g/mol. The number of rotatable bonds is 2. The number of hydrogen-bond donors (Lipinski definition) is 0. The molecule has 0 fully saturated rings. The van der Waals surface area contributed by atoms with Crippen LogP contribution in [0, 0.1) is 5.82 Å². The molecule has 0 aliphatic carbocycles. The molecule has 0 atom stereocenters. The Morgan fingerprint density at radius 2 is 1.76 bits per heavy atom. The first-order valence-electron chi connectivity index (χ1n) is 6.55. The second-order valence-corrected chi connectivity index (χ2v) is 4.70. The molecule has 0 unspecified atom stereocenters. The van der Waals surface area contributed by atoms with E-state index in [1.807, 2.05) is 24.3 Å². The first-order chi connectivity index (χ1) is 10.2. The van der Waals surface area contributed by atoms with E-state index in [1.165, 1.54) is 6.07 Å². The summed E-state index contributed by atoms with van der Waals surface area (Å²) in [4.78, 5) is 16.6. The van der Waals surface area contributed by atoms with Crippen molar-refractivity contribution >= 4 is 23.2 Å². The minimum Gasteiger partial charge on any atom is -0.308 e. The number of fused-ring (bicyclic) bond motifs is 1. The standard InChI is InChI=1S/C17H13FN2O/c1-20-16-9-5-4-8-14(16)19-15(17(20)21)11-10-12-6-2-3-7-13(12)18/h2-11H,1H3/b11-10+. The molecule has 0 amide bonds. The van der Waals surface area contributed by atoms with E-state index in [0.29, 0.717) is 11.3 Å². The fourth-order valence-electron chi connectivity index (χ4n) is 2.19. The molecule has 21 heavy (non-hydrogen) atoms. The Bertz CT molecular complexity index is 897. The Hall–Kier alpha value is -2.75. The third kappa shape index (κ3) is 2.48. The van der Waals surface area contributed by atoms with Crippen molar-refractivity contribution in [2.45, 2.75) is 0 Å². The van der Waals surface area contributed by atoms with Crippen molar-refractivity contribution in [1.82, 2.24) is 9.55 Å². The van der Waals surface area contributed by atoms with E-state index in [9.17, 15) is 9.18 Å². The molecule has 4 heteroatoms. The number of aromatic nitrogens is 2. The number of nitrogens with zero attached hydrogens (tertiary/aromatic N) is 2. The summed E-state index contributed by atoms with van der Waals surface area (Å²) in [7, 11) is 1.70. The van der Waals surface area contributed by atoms with Gasteiger partial charge in [-0.1, -0.05) is 30.3 Å². The van der Waals surface area contributed by atoms with Crippen molar-refractivity contribution in [2.24, 2.45) is 7.05 Å². The van der Waals surface area contributed by atoms with Crippen LogP contribution in [0.3, 0.4) is 0 Å². The molecule has 0 aliphatic heterocycles. The zero-order valence-electron chi connectivity index (χ0n) is 11.5. The van der Waals surface area contributed by atoms with Gasteiger partial charge in [0.25, 0.3) is 5.56 Å². The summed E-state index contributed by atoms with van der Waals surface area (Å²) < 4.78 is 15.1. The molecule has 0 saturated heterocycles. The second kappa shape index (κ2) is 5.32. The summed E-state index contributed by atoms with van der Waals surface area (Å²) in [5.41, 5.74) is 2.01. The van der Waals surface area contributed by atoms with Crippen molar-refractivity contribution in [2.75, 3.05) is 0 Å². The molecule has 1 heterocycles. The number of benzene rings is 2. The lowest BCUT2D eigenvalue weighted by Gasteiger charge is -2.05. The molecule has 104 valence electrons. The Morgan fingerprint density at radius 1 is 1.05 bits per heavy atom. The predicted molar refractivity (Wildman–Crippen MR) is 82.3 cm³/mol. The van der Waals surface area contributed by atoms with Crippen LogP contribution in [-0.2, 0) is 7.05 Å². The zero-order chi connectivity index (χ0) is 14.8. The molecule has 0 radical (unpaired) electrons. The molecule has 0 spiro atoms. The van der Waals surface area contributed by atoms with E-state index in [-0.39, 0.29) is 11.4 Å². The van der Waals surface area contributed by atoms with E-state index in [0.717, 1.165) is 11.0 Å². The van der Waals surface area contributed by atoms with Crippen molar-refractivity contribution in [3.05, 3.63) is 76.0 Å². The molecule has 3 nitrogen and oxygen atoms in total. The fourth-order valence-corrected chi connectivity index (χ4v) is 2.19. The topological polar surface area (TPSA) is 34.9 Å². The molecule has 1 aromatic heterocycles. The first kappa shape index (κ1) is 13.2. The quantitative estimate of drug-likeness (QED) is 0.722. The summed E-state index contributed by atoms with van der Waals surface area (Å²) in [6.07, 6.45) is 3.11. The third-order valence-corrected chi connectivity index (χ3v) is 3.33. The summed E-state index contributed by atoms with van der Waals surface area (Å²) in [6.45, 7) is 0. The van der Waals surface area contributed by atoms with Gasteiger partial charge in [-0.2, -0.15) is 0 Å². The van der Waals surface area contributed by atoms with Gasteiger partial charge in [0, 0.05) is 12.6 Å². The summed E-state index contributed by atoms with van der Waals surface area (Å²) >= 11 is 0. The summed E-state index contributed by atoms with van der Waals surface area (Å²) in [5.74, 6) is -0.327. The van der Waals surface area contributed by atoms with E-state index in [2.05, 4.69) is 4.98 Å². The fraction of sp³-hybridized carbons (Fsp3) is 0.0588. The van der Waals surface area contributed by atoms with Crippen molar-refractivity contribution in [1.29, 1.82) is 0 Å². The first-order valence-corrected chi connectivity index (χ1v) is 6.55. The van der Waals surface area contributed by atoms with Gasteiger partial charge in [-0.05, 0) is 30.4 Å². The molecule has 0 bridgehead atoms. The number of para-hydroxylation sites is 2. The lowest BCUT2D eigenvalue weighted by molar-refractivity contribution is 0.625. The minimum atomic E-state index is -0.327. The number of halogens is 1. The highest BCUT2D eigenvalue weighted by atomic mass is 19.1. The van der Waals surface area contributed by atoms with Gasteiger partial charge in [0.05, 0.1) is 11.0 Å². The molecule has 2 aromatic carbocycles. The monoisotopic (exact) mass is 280 g/mol. The molecule has 0 N–H and O–H groups in total.